The van der Waals surface area contributed by atoms with Gasteiger partial charge in [-0.15, -0.1) is 11.3 Å². The maximum atomic E-state index is 12.3. The molecule has 8 nitrogen and oxygen atoms in total. The number of nitrogens with two attached hydrogens (primary N) is 1. The van der Waals surface area contributed by atoms with Crippen LogP contribution in [0.15, 0.2) is 10.5 Å². The van der Waals surface area contributed by atoms with Crippen LogP contribution in [-0.2, 0) is 23.9 Å². The van der Waals surface area contributed by atoms with E-state index in [1.54, 1.807) is 26.2 Å². The van der Waals surface area contributed by atoms with Gasteiger partial charge in [-0.1, -0.05) is 5.16 Å². The molecule has 1 aromatic heterocycles. The average molecular weight is 404 g/mol. The van der Waals surface area contributed by atoms with Crippen molar-refractivity contribution in [2.75, 3.05) is 24.3 Å². The van der Waals surface area contributed by atoms with Gasteiger partial charge in [-0.25, -0.2) is 14.6 Å². The molecule has 26 heavy (non-hydrogen) atoms. The Bertz CT molecular complexity index is 665. The lowest BCUT2D eigenvalue weighted by molar-refractivity contribution is -0.179. The van der Waals surface area contributed by atoms with Gasteiger partial charge in [0.15, 0.2) is 5.13 Å². The topological polar surface area (TPSA) is 113 Å². The molecule has 146 valence electrons. The Labute approximate surface area is 161 Å². The van der Waals surface area contributed by atoms with E-state index in [2.05, 4.69) is 10.1 Å². The van der Waals surface area contributed by atoms with Crippen LogP contribution in [0.5, 0.6) is 0 Å². The van der Waals surface area contributed by atoms with Crippen LogP contribution in [-0.4, -0.2) is 52.5 Å². The second kappa shape index (κ2) is 9.22. The molecule has 0 aromatic carbocycles. The van der Waals surface area contributed by atoms with Gasteiger partial charge in [0.1, 0.15) is 17.9 Å². The summed E-state index contributed by atoms with van der Waals surface area (Å²) in [6, 6.07) is 0. The first-order chi connectivity index (χ1) is 12.0. The summed E-state index contributed by atoms with van der Waals surface area (Å²) in [6.45, 7) is 8.45. The molecule has 0 radical (unpaired) electrons. The number of rotatable bonds is 8. The predicted molar refractivity (Wildman–Crippen MR) is 103 cm³/mol. The Balaban J connectivity index is 2.99. The fraction of sp³-hybridized carbons (Fsp3) is 0.625. The average Bonchev–Trinajstić information content (AvgIpc) is 2.92. The van der Waals surface area contributed by atoms with Crippen molar-refractivity contribution in [2.45, 2.75) is 45.8 Å². The molecular weight excluding hydrogens is 378 g/mol. The summed E-state index contributed by atoms with van der Waals surface area (Å²) >= 11 is 2.69. The van der Waals surface area contributed by atoms with Crippen molar-refractivity contribution in [1.29, 1.82) is 0 Å². The number of aromatic nitrogens is 1. The first-order valence-electron chi connectivity index (χ1n) is 7.83. The third kappa shape index (κ3) is 7.20. The van der Waals surface area contributed by atoms with Gasteiger partial charge in [0, 0.05) is 11.1 Å². The molecule has 0 atom stereocenters. The number of carbonyl (C=O) groups is 2. The Morgan fingerprint density at radius 3 is 2.46 bits per heavy atom. The van der Waals surface area contributed by atoms with E-state index in [0.29, 0.717) is 5.75 Å². The molecule has 2 N–H and O–H groups in total. The van der Waals surface area contributed by atoms with E-state index in [1.807, 2.05) is 6.26 Å². The Morgan fingerprint density at radius 2 is 1.96 bits per heavy atom. The van der Waals surface area contributed by atoms with Gasteiger partial charge in [0.25, 0.3) is 0 Å². The lowest BCUT2D eigenvalue weighted by Crippen LogP contribution is -2.40. The van der Waals surface area contributed by atoms with Gasteiger partial charge in [-0.05, 0) is 40.9 Å². The molecule has 1 aromatic rings. The number of thioether (sulfide) groups is 1. The zero-order valence-corrected chi connectivity index (χ0v) is 17.5. The fourth-order valence-electron chi connectivity index (χ4n) is 1.47. The summed E-state index contributed by atoms with van der Waals surface area (Å²) < 4.78 is 10.5. The quantitative estimate of drug-likeness (QED) is 0.305. The molecule has 0 aliphatic carbocycles. The summed E-state index contributed by atoms with van der Waals surface area (Å²) in [5.74, 6) is -0.673. The highest BCUT2D eigenvalue weighted by Crippen LogP contribution is 2.19. The normalized spacial score (nSPS) is 12.6. The standard InChI is InChI=1S/C16H25N3O5S2/c1-15(2,3)23-13(21)16(4,5)24-19-11(10-9-26-14(17)18-10)12(20)22-7-8-25-6/h9H,7-8H2,1-6H3,(H2,17,18). The van der Waals surface area contributed by atoms with Crippen molar-refractivity contribution >= 4 is 45.9 Å². The van der Waals surface area contributed by atoms with Crippen molar-refractivity contribution in [3.05, 3.63) is 11.1 Å². The number of oxime groups is 1. The van der Waals surface area contributed by atoms with Gasteiger partial charge in [-0.2, -0.15) is 11.8 Å². The van der Waals surface area contributed by atoms with Crippen LogP contribution < -0.4 is 5.73 Å². The molecule has 0 spiro atoms. The zero-order chi connectivity index (χ0) is 20.0. The van der Waals surface area contributed by atoms with Gasteiger partial charge in [0.05, 0.1) is 0 Å². The van der Waals surface area contributed by atoms with Crippen molar-refractivity contribution in [3.63, 3.8) is 0 Å². The largest absolute Gasteiger partial charge is 0.460 e. The van der Waals surface area contributed by atoms with E-state index in [-0.39, 0.29) is 23.1 Å². The number of anilines is 1. The van der Waals surface area contributed by atoms with Crippen LogP contribution in [0.4, 0.5) is 5.13 Å². The third-order valence-corrected chi connectivity index (χ3v) is 3.98. The summed E-state index contributed by atoms with van der Waals surface area (Å²) in [4.78, 5) is 33.9. The van der Waals surface area contributed by atoms with Crippen molar-refractivity contribution in [2.24, 2.45) is 5.16 Å². The van der Waals surface area contributed by atoms with E-state index in [1.165, 1.54) is 25.6 Å². The minimum Gasteiger partial charge on any atom is -0.460 e. The van der Waals surface area contributed by atoms with Crippen LogP contribution in [0.3, 0.4) is 0 Å². The number of thiazole rings is 1. The summed E-state index contributed by atoms with van der Waals surface area (Å²) in [6.07, 6.45) is 1.90. The van der Waals surface area contributed by atoms with Crippen molar-refractivity contribution in [3.8, 4) is 0 Å². The van der Waals surface area contributed by atoms with E-state index in [4.69, 9.17) is 20.0 Å². The van der Waals surface area contributed by atoms with Crippen molar-refractivity contribution in [1.82, 2.24) is 4.98 Å². The minimum atomic E-state index is -1.40. The fourth-order valence-corrected chi connectivity index (χ4v) is 2.27. The SMILES string of the molecule is CSCCOC(=O)C(=NOC(C)(C)C(=O)OC(C)(C)C)c1csc(N)n1. The highest BCUT2D eigenvalue weighted by Gasteiger charge is 2.36. The monoisotopic (exact) mass is 403 g/mol. The smallest absolute Gasteiger partial charge is 0.362 e. The first kappa shape index (κ1) is 22.2. The summed E-state index contributed by atoms with van der Waals surface area (Å²) in [7, 11) is 0. The number of ether oxygens (including phenoxy) is 2. The molecule has 1 rings (SSSR count). The number of nitrogen functional groups attached to an aromatic ring is 1. The zero-order valence-electron chi connectivity index (χ0n) is 15.8. The molecule has 10 heteroatoms. The Hall–Kier alpha value is -1.81. The second-order valence-electron chi connectivity index (χ2n) is 6.74. The molecule has 0 fully saturated rings. The highest BCUT2D eigenvalue weighted by atomic mass is 32.2. The van der Waals surface area contributed by atoms with Crippen molar-refractivity contribution < 1.29 is 23.9 Å². The van der Waals surface area contributed by atoms with Crippen LogP contribution in [0.25, 0.3) is 0 Å². The van der Waals surface area contributed by atoms with Gasteiger partial charge in [-0.3, -0.25) is 0 Å². The number of hydrogen-bond donors (Lipinski definition) is 1. The maximum absolute atomic E-state index is 12.3. The molecule has 0 unspecified atom stereocenters. The molecule has 0 amide bonds. The van der Waals surface area contributed by atoms with E-state index in [0.717, 1.165) is 11.3 Å². The molecule has 0 saturated heterocycles. The predicted octanol–water partition coefficient (Wildman–Crippen LogP) is 2.47. The summed E-state index contributed by atoms with van der Waals surface area (Å²) in [5.41, 5.74) is 3.61. The van der Waals surface area contributed by atoms with E-state index in [9.17, 15) is 9.59 Å². The van der Waals surface area contributed by atoms with Gasteiger partial charge in [0.2, 0.25) is 11.3 Å². The third-order valence-electron chi connectivity index (χ3n) is 2.73. The first-order valence-corrected chi connectivity index (χ1v) is 10.1. The second-order valence-corrected chi connectivity index (χ2v) is 8.62. The molecule has 0 aliphatic rings. The molecule has 0 aliphatic heterocycles. The minimum absolute atomic E-state index is 0.157. The maximum Gasteiger partial charge on any atom is 0.362 e. The van der Waals surface area contributed by atoms with E-state index >= 15 is 0 Å². The number of nitrogens with zero attached hydrogens (tertiary/aromatic N) is 2. The van der Waals surface area contributed by atoms with E-state index < -0.39 is 23.1 Å². The highest BCUT2D eigenvalue weighted by molar-refractivity contribution is 7.98. The van der Waals surface area contributed by atoms with Crippen LogP contribution in [0.1, 0.15) is 40.3 Å². The lowest BCUT2D eigenvalue weighted by atomic mass is 10.1. The number of carbonyl (C=O) groups excluding carboxylic acids is 2. The van der Waals surface area contributed by atoms with Crippen LogP contribution in [0, 0.1) is 0 Å². The van der Waals surface area contributed by atoms with Crippen LogP contribution in [0.2, 0.25) is 0 Å². The number of esters is 2. The summed E-state index contributed by atoms with van der Waals surface area (Å²) in [5, 5.41) is 5.67. The Kier molecular flexibility index (Phi) is 7.88. The van der Waals surface area contributed by atoms with Gasteiger partial charge >= 0.3 is 11.9 Å². The molecule has 1 heterocycles. The lowest BCUT2D eigenvalue weighted by Gasteiger charge is -2.26. The molecular formula is C16H25N3O5S2. The number of hydrogen-bond acceptors (Lipinski definition) is 10. The van der Waals surface area contributed by atoms with Gasteiger partial charge < -0.3 is 20.0 Å². The molecule has 0 bridgehead atoms. The van der Waals surface area contributed by atoms with Crippen LogP contribution >= 0.6 is 23.1 Å². The Morgan fingerprint density at radius 1 is 1.31 bits per heavy atom. The molecule has 0 saturated carbocycles.